The zero-order valence-corrected chi connectivity index (χ0v) is 11.1. The lowest BCUT2D eigenvalue weighted by Crippen LogP contribution is -2.42. The quantitative estimate of drug-likeness (QED) is 0.909. The predicted octanol–water partition coefficient (Wildman–Crippen LogP) is 2.86. The Bertz CT molecular complexity index is 467. The number of ketones is 1. The lowest BCUT2D eigenvalue weighted by Gasteiger charge is -2.35. The molecule has 19 heavy (non-hydrogen) atoms. The second-order valence-electron chi connectivity index (χ2n) is 5.22. The van der Waals surface area contributed by atoms with Crippen molar-refractivity contribution in [1.82, 2.24) is 5.32 Å². The first kappa shape index (κ1) is 14.1. The molecule has 1 aromatic rings. The maximum atomic E-state index is 13.6. The second kappa shape index (κ2) is 5.78. The van der Waals surface area contributed by atoms with Gasteiger partial charge in [-0.15, -0.1) is 0 Å². The summed E-state index contributed by atoms with van der Waals surface area (Å²) in [5, 5.41) is 3.24. The van der Waals surface area contributed by atoms with Crippen LogP contribution in [0.4, 0.5) is 8.78 Å². The van der Waals surface area contributed by atoms with Crippen LogP contribution in [0.1, 0.15) is 31.7 Å². The number of carbonyl (C=O) groups is 1. The first-order chi connectivity index (χ1) is 9.07. The minimum absolute atomic E-state index is 0.0555. The van der Waals surface area contributed by atoms with Crippen molar-refractivity contribution in [2.24, 2.45) is 5.41 Å². The normalized spacial score (nSPS) is 18.3. The topological polar surface area (TPSA) is 29.1 Å². The van der Waals surface area contributed by atoms with Gasteiger partial charge in [-0.05, 0) is 44.0 Å². The van der Waals surface area contributed by atoms with Crippen LogP contribution in [0.2, 0.25) is 0 Å². The summed E-state index contributed by atoms with van der Waals surface area (Å²) in [7, 11) is 0. The Hall–Kier alpha value is -1.29. The lowest BCUT2D eigenvalue weighted by atomic mass is 9.71. The zero-order chi connectivity index (χ0) is 13.9. The molecule has 1 heterocycles. The molecule has 4 heteroatoms. The highest BCUT2D eigenvalue weighted by Crippen LogP contribution is 2.34. The molecular weight excluding hydrogens is 248 g/mol. The van der Waals surface area contributed by atoms with Gasteiger partial charge in [-0.3, -0.25) is 4.79 Å². The van der Waals surface area contributed by atoms with E-state index < -0.39 is 11.6 Å². The van der Waals surface area contributed by atoms with E-state index in [4.69, 9.17) is 0 Å². The summed E-state index contributed by atoms with van der Waals surface area (Å²) < 4.78 is 26.5. The van der Waals surface area contributed by atoms with Crippen LogP contribution >= 0.6 is 0 Å². The first-order valence-corrected chi connectivity index (χ1v) is 6.75. The Morgan fingerprint density at radius 2 is 2.00 bits per heavy atom. The van der Waals surface area contributed by atoms with Gasteiger partial charge in [0.05, 0.1) is 0 Å². The monoisotopic (exact) mass is 267 g/mol. The molecule has 2 nitrogen and oxygen atoms in total. The van der Waals surface area contributed by atoms with E-state index in [-0.39, 0.29) is 23.2 Å². The Labute approximate surface area is 112 Å². The lowest BCUT2D eigenvalue weighted by molar-refractivity contribution is -0.129. The van der Waals surface area contributed by atoms with Crippen LogP contribution in [0.3, 0.4) is 0 Å². The van der Waals surface area contributed by atoms with Crippen LogP contribution in [0.25, 0.3) is 0 Å². The van der Waals surface area contributed by atoms with Gasteiger partial charge in [0.25, 0.3) is 0 Å². The minimum Gasteiger partial charge on any atom is -0.317 e. The highest BCUT2D eigenvalue weighted by Gasteiger charge is 2.37. The summed E-state index contributed by atoms with van der Waals surface area (Å²) in [5.74, 6) is -1.17. The van der Waals surface area contributed by atoms with E-state index in [1.807, 2.05) is 6.92 Å². The van der Waals surface area contributed by atoms with Crippen molar-refractivity contribution in [3.63, 3.8) is 0 Å². The zero-order valence-electron chi connectivity index (χ0n) is 11.1. The molecule has 1 aliphatic rings. The smallest absolute Gasteiger partial charge is 0.143 e. The Balaban J connectivity index is 2.15. The van der Waals surface area contributed by atoms with Gasteiger partial charge in [-0.25, -0.2) is 8.78 Å². The summed E-state index contributed by atoms with van der Waals surface area (Å²) in [6.07, 6.45) is 2.42. The van der Waals surface area contributed by atoms with Gasteiger partial charge in [-0.1, -0.05) is 13.0 Å². The van der Waals surface area contributed by atoms with E-state index in [0.717, 1.165) is 38.4 Å². The molecule has 0 aliphatic carbocycles. The maximum Gasteiger partial charge on any atom is 0.143 e. The summed E-state index contributed by atoms with van der Waals surface area (Å²) in [6.45, 7) is 3.65. The molecule has 0 unspecified atom stereocenters. The largest absolute Gasteiger partial charge is 0.317 e. The predicted molar refractivity (Wildman–Crippen MR) is 69.9 cm³/mol. The molecule has 0 aromatic heterocycles. The SMILES string of the molecule is CCC1(C(=O)Cc2ccc(F)cc2F)CCNCC1. The van der Waals surface area contributed by atoms with Gasteiger partial charge >= 0.3 is 0 Å². The van der Waals surface area contributed by atoms with Crippen molar-refractivity contribution in [1.29, 1.82) is 0 Å². The summed E-state index contributed by atoms with van der Waals surface area (Å²) in [6, 6.07) is 3.41. The van der Waals surface area contributed by atoms with E-state index in [1.165, 1.54) is 12.1 Å². The van der Waals surface area contributed by atoms with E-state index in [1.54, 1.807) is 0 Å². The van der Waals surface area contributed by atoms with Crippen molar-refractivity contribution in [3.8, 4) is 0 Å². The molecule has 1 N–H and O–H groups in total. The molecule has 0 radical (unpaired) electrons. The van der Waals surface area contributed by atoms with E-state index >= 15 is 0 Å². The molecule has 0 spiro atoms. The van der Waals surface area contributed by atoms with Crippen molar-refractivity contribution in [3.05, 3.63) is 35.4 Å². The average molecular weight is 267 g/mol. The molecule has 0 bridgehead atoms. The van der Waals surface area contributed by atoms with E-state index in [9.17, 15) is 13.6 Å². The van der Waals surface area contributed by atoms with Crippen molar-refractivity contribution >= 4 is 5.78 Å². The molecule has 1 aliphatic heterocycles. The molecule has 1 fully saturated rings. The fourth-order valence-corrected chi connectivity index (χ4v) is 2.76. The summed E-state index contributed by atoms with van der Waals surface area (Å²) in [5.41, 5.74) is -0.0516. The summed E-state index contributed by atoms with van der Waals surface area (Å²) in [4.78, 5) is 12.5. The Kier molecular flexibility index (Phi) is 4.30. The Morgan fingerprint density at radius 3 is 2.58 bits per heavy atom. The second-order valence-corrected chi connectivity index (χ2v) is 5.22. The molecular formula is C15H19F2NO. The van der Waals surface area contributed by atoms with Gasteiger partial charge in [0.15, 0.2) is 0 Å². The third-order valence-electron chi connectivity index (χ3n) is 4.20. The van der Waals surface area contributed by atoms with Crippen LogP contribution in [0, 0.1) is 17.0 Å². The van der Waals surface area contributed by atoms with Crippen LogP contribution < -0.4 is 5.32 Å². The number of nitrogens with one attached hydrogen (secondary N) is 1. The number of halogens is 2. The average Bonchev–Trinajstić information content (AvgIpc) is 2.42. The fourth-order valence-electron chi connectivity index (χ4n) is 2.76. The number of rotatable bonds is 4. The molecule has 1 saturated heterocycles. The van der Waals surface area contributed by atoms with Crippen molar-refractivity contribution in [2.75, 3.05) is 13.1 Å². The number of Topliss-reactive ketones (excluding diaryl/α,β-unsaturated/α-hetero) is 1. The maximum absolute atomic E-state index is 13.6. The van der Waals surface area contributed by atoms with Crippen LogP contribution in [-0.2, 0) is 11.2 Å². The fraction of sp³-hybridized carbons (Fsp3) is 0.533. The standard InChI is InChI=1S/C15H19F2NO/c1-2-15(5-7-18-8-6-15)14(19)9-11-3-4-12(16)10-13(11)17/h3-4,10,18H,2,5-9H2,1H3. The minimum atomic E-state index is -0.631. The van der Waals surface area contributed by atoms with Crippen molar-refractivity contribution < 1.29 is 13.6 Å². The molecule has 2 rings (SSSR count). The molecule has 104 valence electrons. The number of hydrogen-bond acceptors (Lipinski definition) is 2. The number of benzene rings is 1. The number of carbonyl (C=O) groups excluding carboxylic acids is 1. The molecule has 1 aromatic carbocycles. The first-order valence-electron chi connectivity index (χ1n) is 6.75. The van der Waals surface area contributed by atoms with Crippen LogP contribution in [-0.4, -0.2) is 18.9 Å². The van der Waals surface area contributed by atoms with Gasteiger partial charge in [0, 0.05) is 17.9 Å². The van der Waals surface area contributed by atoms with E-state index in [0.29, 0.717) is 0 Å². The van der Waals surface area contributed by atoms with Crippen LogP contribution in [0.15, 0.2) is 18.2 Å². The highest BCUT2D eigenvalue weighted by atomic mass is 19.1. The summed E-state index contributed by atoms with van der Waals surface area (Å²) >= 11 is 0. The third-order valence-corrected chi connectivity index (χ3v) is 4.20. The van der Waals surface area contributed by atoms with Gasteiger partial charge in [-0.2, -0.15) is 0 Å². The third kappa shape index (κ3) is 3.00. The molecule has 0 saturated carbocycles. The van der Waals surface area contributed by atoms with Crippen molar-refractivity contribution in [2.45, 2.75) is 32.6 Å². The number of hydrogen-bond donors (Lipinski definition) is 1. The molecule has 0 amide bonds. The molecule has 0 atom stereocenters. The van der Waals surface area contributed by atoms with E-state index in [2.05, 4.69) is 5.32 Å². The Morgan fingerprint density at radius 1 is 1.32 bits per heavy atom. The number of piperidine rings is 1. The highest BCUT2D eigenvalue weighted by molar-refractivity contribution is 5.87. The van der Waals surface area contributed by atoms with Crippen LogP contribution in [0.5, 0.6) is 0 Å². The van der Waals surface area contributed by atoms with Gasteiger partial charge in [0.2, 0.25) is 0 Å². The van der Waals surface area contributed by atoms with Gasteiger partial charge in [0.1, 0.15) is 17.4 Å². The van der Waals surface area contributed by atoms with Gasteiger partial charge < -0.3 is 5.32 Å².